The molecule has 2 heterocycles. The van der Waals surface area contributed by atoms with Gasteiger partial charge in [-0.1, -0.05) is 29.1 Å². The molecule has 2 aromatic heterocycles. The van der Waals surface area contributed by atoms with E-state index in [2.05, 4.69) is 22.3 Å². The molecule has 0 saturated carbocycles. The lowest BCUT2D eigenvalue weighted by Crippen LogP contribution is -2.14. The molecule has 0 aliphatic heterocycles. The fourth-order valence-corrected chi connectivity index (χ4v) is 3.86. The zero-order valence-corrected chi connectivity index (χ0v) is 16.2. The van der Waals surface area contributed by atoms with Crippen LogP contribution in [-0.4, -0.2) is 16.8 Å². The van der Waals surface area contributed by atoms with E-state index in [1.807, 2.05) is 55.6 Å². The highest BCUT2D eigenvalue weighted by Gasteiger charge is 2.10. The normalized spacial score (nSPS) is 10.2. The van der Waals surface area contributed by atoms with E-state index in [0.29, 0.717) is 11.5 Å². The molecule has 0 unspecified atom stereocenters. The number of benzene rings is 1. The molecule has 1 aromatic carbocycles. The van der Waals surface area contributed by atoms with Crippen LogP contribution < -0.4 is 5.32 Å². The van der Waals surface area contributed by atoms with Crippen LogP contribution in [0.25, 0.3) is 0 Å². The molecule has 3 rings (SSSR count). The van der Waals surface area contributed by atoms with Gasteiger partial charge in [0.05, 0.1) is 16.3 Å². The van der Waals surface area contributed by atoms with Crippen LogP contribution in [0.15, 0.2) is 46.3 Å². The summed E-state index contributed by atoms with van der Waals surface area (Å²) >= 11 is 3.15. The standard InChI is InChI=1S/C20H18N2O2S2/c1-14-19(15(2)24-22-14)12-25-13-20(23)21-17-6-3-5-16(11-17)8-9-18-7-4-10-26-18/h3-7,10-11H,12-13H2,1-2H3,(H,21,23). The number of aromatic nitrogens is 1. The molecule has 132 valence electrons. The molecular formula is C20H18N2O2S2. The van der Waals surface area contributed by atoms with Gasteiger partial charge in [-0.05, 0) is 43.5 Å². The lowest BCUT2D eigenvalue weighted by atomic mass is 10.2. The highest BCUT2D eigenvalue weighted by atomic mass is 32.2. The van der Waals surface area contributed by atoms with Gasteiger partial charge in [-0.3, -0.25) is 4.79 Å². The Morgan fingerprint density at radius 3 is 2.88 bits per heavy atom. The molecule has 0 spiro atoms. The number of thiophene rings is 1. The summed E-state index contributed by atoms with van der Waals surface area (Å²) in [5.41, 5.74) is 3.58. The Balaban J connectivity index is 1.53. The van der Waals surface area contributed by atoms with Crippen LogP contribution >= 0.6 is 23.1 Å². The Morgan fingerprint density at radius 2 is 2.15 bits per heavy atom. The number of hydrogen-bond acceptors (Lipinski definition) is 5. The maximum atomic E-state index is 12.2. The lowest BCUT2D eigenvalue weighted by molar-refractivity contribution is -0.113. The van der Waals surface area contributed by atoms with Crippen LogP contribution in [0.5, 0.6) is 0 Å². The first kappa shape index (κ1) is 18.3. The molecule has 0 fully saturated rings. The summed E-state index contributed by atoms with van der Waals surface area (Å²) in [4.78, 5) is 13.2. The molecule has 6 heteroatoms. The first-order valence-corrected chi connectivity index (χ1v) is 10.1. The SMILES string of the molecule is Cc1noc(C)c1CSCC(=O)Nc1cccc(C#Cc2cccs2)c1. The summed E-state index contributed by atoms with van der Waals surface area (Å²) in [5, 5.41) is 8.85. The second-order valence-corrected chi connectivity index (χ2v) is 7.59. The van der Waals surface area contributed by atoms with Crippen molar-refractivity contribution in [3.63, 3.8) is 0 Å². The van der Waals surface area contributed by atoms with E-state index in [0.717, 1.165) is 33.1 Å². The molecule has 0 atom stereocenters. The van der Waals surface area contributed by atoms with Crippen molar-refractivity contribution < 1.29 is 9.32 Å². The van der Waals surface area contributed by atoms with E-state index in [1.165, 1.54) is 0 Å². The second-order valence-electron chi connectivity index (χ2n) is 5.65. The fraction of sp³-hybridized carbons (Fsp3) is 0.200. The molecule has 0 bridgehead atoms. The molecular weight excluding hydrogens is 364 g/mol. The monoisotopic (exact) mass is 382 g/mol. The number of aryl methyl sites for hydroxylation is 2. The summed E-state index contributed by atoms with van der Waals surface area (Å²) in [5.74, 6) is 8.10. The van der Waals surface area contributed by atoms with Gasteiger partial charge in [0.1, 0.15) is 5.76 Å². The molecule has 1 N–H and O–H groups in total. The predicted molar refractivity (Wildman–Crippen MR) is 108 cm³/mol. The Kier molecular flexibility index (Phi) is 6.16. The highest BCUT2D eigenvalue weighted by molar-refractivity contribution is 7.99. The molecule has 0 aliphatic carbocycles. The van der Waals surface area contributed by atoms with Crippen LogP contribution in [-0.2, 0) is 10.5 Å². The van der Waals surface area contributed by atoms with Gasteiger partial charge in [0.2, 0.25) is 5.91 Å². The maximum Gasteiger partial charge on any atom is 0.234 e. The van der Waals surface area contributed by atoms with Crippen LogP contribution in [0, 0.1) is 25.7 Å². The number of nitrogens with one attached hydrogen (secondary N) is 1. The van der Waals surface area contributed by atoms with Crippen molar-refractivity contribution in [2.45, 2.75) is 19.6 Å². The highest BCUT2D eigenvalue weighted by Crippen LogP contribution is 2.20. The third kappa shape index (κ3) is 5.01. The van der Waals surface area contributed by atoms with Crippen molar-refractivity contribution in [1.82, 2.24) is 5.16 Å². The smallest absolute Gasteiger partial charge is 0.234 e. The number of carbonyl (C=O) groups excluding carboxylic acids is 1. The molecule has 0 aliphatic rings. The third-order valence-electron chi connectivity index (χ3n) is 3.66. The zero-order valence-electron chi connectivity index (χ0n) is 14.5. The van der Waals surface area contributed by atoms with Crippen molar-refractivity contribution in [3.05, 3.63) is 69.2 Å². The number of hydrogen-bond donors (Lipinski definition) is 1. The topological polar surface area (TPSA) is 55.1 Å². The van der Waals surface area contributed by atoms with E-state index in [1.54, 1.807) is 23.1 Å². The number of carbonyl (C=O) groups is 1. The van der Waals surface area contributed by atoms with E-state index in [-0.39, 0.29) is 5.91 Å². The van der Waals surface area contributed by atoms with Crippen LogP contribution in [0.4, 0.5) is 5.69 Å². The van der Waals surface area contributed by atoms with E-state index in [4.69, 9.17) is 4.52 Å². The van der Waals surface area contributed by atoms with Gasteiger partial charge in [-0.2, -0.15) is 0 Å². The molecule has 4 nitrogen and oxygen atoms in total. The predicted octanol–water partition coefficient (Wildman–Crippen LogP) is 4.62. The van der Waals surface area contributed by atoms with E-state index < -0.39 is 0 Å². The summed E-state index contributed by atoms with van der Waals surface area (Å²) in [6.07, 6.45) is 0. The molecule has 0 saturated heterocycles. The average molecular weight is 383 g/mol. The molecule has 26 heavy (non-hydrogen) atoms. The number of nitrogens with zero attached hydrogens (tertiary/aromatic N) is 1. The van der Waals surface area contributed by atoms with Gasteiger partial charge < -0.3 is 9.84 Å². The number of anilines is 1. The average Bonchev–Trinajstić information content (AvgIpc) is 3.25. The van der Waals surface area contributed by atoms with Gasteiger partial charge >= 0.3 is 0 Å². The first-order valence-electron chi connectivity index (χ1n) is 8.07. The Labute approximate surface area is 161 Å². The van der Waals surface area contributed by atoms with Gasteiger partial charge in [-0.15, -0.1) is 23.1 Å². The Bertz CT molecular complexity index is 930. The van der Waals surface area contributed by atoms with Crippen LogP contribution in [0.2, 0.25) is 0 Å². The quantitative estimate of drug-likeness (QED) is 0.654. The largest absolute Gasteiger partial charge is 0.361 e. The van der Waals surface area contributed by atoms with E-state index in [9.17, 15) is 4.79 Å². The second kappa shape index (κ2) is 8.75. The number of thioether (sulfide) groups is 1. The Hall–Kier alpha value is -2.49. The minimum absolute atomic E-state index is 0.0369. The zero-order chi connectivity index (χ0) is 18.4. The molecule has 3 aromatic rings. The van der Waals surface area contributed by atoms with Crippen molar-refractivity contribution >= 4 is 34.7 Å². The summed E-state index contributed by atoms with van der Waals surface area (Å²) in [7, 11) is 0. The minimum atomic E-state index is -0.0369. The van der Waals surface area contributed by atoms with Crippen molar-refractivity contribution in [2.75, 3.05) is 11.1 Å². The minimum Gasteiger partial charge on any atom is -0.361 e. The lowest BCUT2D eigenvalue weighted by Gasteiger charge is -2.05. The van der Waals surface area contributed by atoms with Gasteiger partial charge in [0.25, 0.3) is 0 Å². The summed E-state index contributed by atoms with van der Waals surface area (Å²) < 4.78 is 5.14. The molecule has 0 radical (unpaired) electrons. The maximum absolute atomic E-state index is 12.2. The number of rotatable bonds is 5. The van der Waals surface area contributed by atoms with Crippen LogP contribution in [0.3, 0.4) is 0 Å². The van der Waals surface area contributed by atoms with Crippen molar-refractivity contribution in [1.29, 1.82) is 0 Å². The van der Waals surface area contributed by atoms with Gasteiger partial charge in [-0.25, -0.2) is 0 Å². The fourth-order valence-electron chi connectivity index (χ4n) is 2.31. The summed E-state index contributed by atoms with van der Waals surface area (Å²) in [6, 6.07) is 11.5. The van der Waals surface area contributed by atoms with Gasteiger partial charge in [0, 0.05) is 22.6 Å². The number of amides is 1. The first-order chi connectivity index (χ1) is 12.6. The van der Waals surface area contributed by atoms with Crippen molar-refractivity contribution in [2.24, 2.45) is 0 Å². The Morgan fingerprint density at radius 1 is 1.27 bits per heavy atom. The van der Waals surface area contributed by atoms with Crippen molar-refractivity contribution in [3.8, 4) is 11.8 Å². The van der Waals surface area contributed by atoms with E-state index >= 15 is 0 Å². The van der Waals surface area contributed by atoms with Crippen LogP contribution in [0.1, 0.15) is 27.5 Å². The molecule has 1 amide bonds. The van der Waals surface area contributed by atoms with Gasteiger partial charge in [0.15, 0.2) is 0 Å². The third-order valence-corrected chi connectivity index (χ3v) is 5.40. The summed E-state index contributed by atoms with van der Waals surface area (Å²) in [6.45, 7) is 3.80.